The van der Waals surface area contributed by atoms with Gasteiger partial charge in [-0.25, -0.2) is 4.98 Å². The Morgan fingerprint density at radius 2 is 1.85 bits per heavy atom. The maximum absolute atomic E-state index is 12.6. The van der Waals surface area contributed by atoms with Crippen LogP contribution < -0.4 is 10.2 Å². The molecule has 2 fully saturated rings. The van der Waals surface area contributed by atoms with Gasteiger partial charge in [0.1, 0.15) is 0 Å². The first kappa shape index (κ1) is 17.3. The van der Waals surface area contributed by atoms with Crippen molar-refractivity contribution in [2.75, 3.05) is 18.0 Å². The van der Waals surface area contributed by atoms with E-state index in [0.717, 1.165) is 56.0 Å². The molecule has 0 aromatic carbocycles. The summed E-state index contributed by atoms with van der Waals surface area (Å²) < 4.78 is 5.84. The number of carbonyl (C=O) groups excluding carboxylic acids is 1. The smallest absolute Gasteiger partial charge is 0.299 e. The Labute approximate surface area is 154 Å². The van der Waals surface area contributed by atoms with Crippen molar-refractivity contribution >= 4 is 23.2 Å². The maximum atomic E-state index is 12.6. The van der Waals surface area contributed by atoms with Crippen molar-refractivity contribution < 1.29 is 9.21 Å². The largest absolute Gasteiger partial charge is 0.422 e. The van der Waals surface area contributed by atoms with Crippen LogP contribution in [0.1, 0.15) is 51.1 Å². The number of aromatic nitrogens is 2. The molecular weight excluding hydrogens is 328 g/mol. The summed E-state index contributed by atoms with van der Waals surface area (Å²) in [6, 6.07) is 4.85. The lowest BCUT2D eigenvalue weighted by molar-refractivity contribution is -0.126. The molecule has 2 aliphatic rings. The molecule has 1 aliphatic carbocycles. The van der Waals surface area contributed by atoms with Gasteiger partial charge in [0.15, 0.2) is 5.58 Å². The van der Waals surface area contributed by atoms with Crippen molar-refractivity contribution in [2.24, 2.45) is 11.8 Å². The first-order chi connectivity index (χ1) is 12.6. The molecule has 0 atom stereocenters. The van der Waals surface area contributed by atoms with Gasteiger partial charge in [0.05, 0.1) is 0 Å². The Morgan fingerprint density at radius 3 is 2.58 bits per heavy atom. The minimum Gasteiger partial charge on any atom is -0.422 e. The lowest BCUT2D eigenvalue weighted by Gasteiger charge is -2.32. The van der Waals surface area contributed by atoms with E-state index in [1.165, 1.54) is 12.8 Å². The van der Waals surface area contributed by atoms with Gasteiger partial charge in [-0.1, -0.05) is 6.92 Å². The summed E-state index contributed by atoms with van der Waals surface area (Å²) >= 11 is 0. The zero-order valence-corrected chi connectivity index (χ0v) is 15.7. The van der Waals surface area contributed by atoms with Crippen LogP contribution in [0.3, 0.4) is 0 Å². The second-order valence-electron chi connectivity index (χ2n) is 8.00. The van der Waals surface area contributed by atoms with Gasteiger partial charge in [0.25, 0.3) is 6.01 Å². The van der Waals surface area contributed by atoms with Crippen LogP contribution in [0.5, 0.6) is 0 Å². The van der Waals surface area contributed by atoms with Crippen molar-refractivity contribution in [3.63, 3.8) is 0 Å². The standard InChI is InChI=1S/C20H28N4O2/c1-13-3-6-16(7-4-13)22-19(25)15-9-11-24(12-10-15)20-23-18-17(26-20)8-5-14(2)21-18/h5,8,13,15-16H,3-4,6-7,9-12H2,1-2H3,(H,22,25). The van der Waals surface area contributed by atoms with Crippen molar-refractivity contribution in [3.05, 3.63) is 17.8 Å². The molecule has 0 unspecified atom stereocenters. The lowest BCUT2D eigenvalue weighted by Crippen LogP contribution is -2.44. The molecule has 4 rings (SSSR count). The first-order valence-corrected chi connectivity index (χ1v) is 9.88. The Hall–Kier alpha value is -2.11. The van der Waals surface area contributed by atoms with Crippen LogP contribution in [-0.2, 0) is 4.79 Å². The summed E-state index contributed by atoms with van der Waals surface area (Å²) in [5.41, 5.74) is 2.31. The van der Waals surface area contributed by atoms with E-state index in [2.05, 4.69) is 27.1 Å². The molecule has 0 radical (unpaired) electrons. The fraction of sp³-hybridized carbons (Fsp3) is 0.650. The highest BCUT2D eigenvalue weighted by atomic mass is 16.4. The third kappa shape index (κ3) is 3.69. The van der Waals surface area contributed by atoms with E-state index in [4.69, 9.17) is 4.42 Å². The van der Waals surface area contributed by atoms with Crippen LogP contribution in [-0.4, -0.2) is 35.0 Å². The average Bonchev–Trinajstić information content (AvgIpc) is 3.07. The van der Waals surface area contributed by atoms with Crippen molar-refractivity contribution in [1.82, 2.24) is 15.3 Å². The summed E-state index contributed by atoms with van der Waals surface area (Å²) in [6.07, 6.45) is 6.41. The molecule has 1 amide bonds. The van der Waals surface area contributed by atoms with Gasteiger partial charge in [0.2, 0.25) is 11.6 Å². The molecule has 0 bridgehead atoms. The fourth-order valence-corrected chi connectivity index (χ4v) is 4.09. The third-order valence-corrected chi connectivity index (χ3v) is 5.88. The molecule has 1 saturated carbocycles. The number of amides is 1. The number of piperidine rings is 1. The van der Waals surface area contributed by atoms with Crippen LogP contribution in [0, 0.1) is 18.8 Å². The summed E-state index contributed by atoms with van der Waals surface area (Å²) in [5, 5.41) is 3.28. The van der Waals surface area contributed by atoms with Crippen LogP contribution in [0.2, 0.25) is 0 Å². The van der Waals surface area contributed by atoms with Crippen LogP contribution in [0.25, 0.3) is 11.2 Å². The number of rotatable bonds is 3. The number of aryl methyl sites for hydroxylation is 1. The molecule has 1 saturated heterocycles. The summed E-state index contributed by atoms with van der Waals surface area (Å²) in [7, 11) is 0. The predicted octanol–water partition coefficient (Wildman–Crippen LogP) is 3.44. The molecule has 3 heterocycles. The number of anilines is 1. The molecule has 140 valence electrons. The molecule has 6 nitrogen and oxygen atoms in total. The van der Waals surface area contributed by atoms with E-state index in [1.807, 2.05) is 19.1 Å². The SMILES string of the molecule is Cc1ccc2oc(N3CCC(C(=O)NC4CCC(C)CC4)CC3)nc2n1. The van der Waals surface area contributed by atoms with Gasteiger partial charge in [-0.15, -0.1) is 0 Å². The van der Waals surface area contributed by atoms with Crippen molar-refractivity contribution in [1.29, 1.82) is 0 Å². The molecule has 2 aromatic heterocycles. The highest BCUT2D eigenvalue weighted by Crippen LogP contribution is 2.27. The number of nitrogens with one attached hydrogen (secondary N) is 1. The minimum atomic E-state index is 0.107. The quantitative estimate of drug-likeness (QED) is 0.912. The van der Waals surface area contributed by atoms with Crippen LogP contribution in [0.15, 0.2) is 16.5 Å². The molecule has 0 spiro atoms. The monoisotopic (exact) mass is 356 g/mol. The fourth-order valence-electron chi connectivity index (χ4n) is 4.09. The summed E-state index contributed by atoms with van der Waals surface area (Å²) in [4.78, 5) is 23.6. The number of hydrogen-bond donors (Lipinski definition) is 1. The number of oxazole rings is 1. The van der Waals surface area contributed by atoms with E-state index >= 15 is 0 Å². The summed E-state index contributed by atoms with van der Waals surface area (Å²) in [6.45, 7) is 5.85. The molecule has 26 heavy (non-hydrogen) atoms. The van der Waals surface area contributed by atoms with E-state index in [1.54, 1.807) is 0 Å². The van der Waals surface area contributed by atoms with Gasteiger partial charge in [-0.3, -0.25) is 4.79 Å². The lowest BCUT2D eigenvalue weighted by atomic mass is 9.86. The second kappa shape index (κ2) is 7.25. The average molecular weight is 356 g/mol. The topological polar surface area (TPSA) is 71.3 Å². The normalized spacial score (nSPS) is 24.8. The van der Waals surface area contributed by atoms with Crippen LogP contribution in [0.4, 0.5) is 6.01 Å². The van der Waals surface area contributed by atoms with Gasteiger partial charge in [-0.2, -0.15) is 4.98 Å². The Balaban J connectivity index is 1.32. The molecule has 1 aliphatic heterocycles. The Kier molecular flexibility index (Phi) is 4.83. The predicted molar refractivity (Wildman–Crippen MR) is 101 cm³/mol. The molecule has 1 N–H and O–H groups in total. The molecular formula is C20H28N4O2. The van der Waals surface area contributed by atoms with Crippen LogP contribution >= 0.6 is 0 Å². The number of fused-ring (bicyclic) bond motifs is 1. The number of pyridine rings is 1. The molecule has 2 aromatic rings. The highest BCUT2D eigenvalue weighted by molar-refractivity contribution is 5.79. The zero-order chi connectivity index (χ0) is 18.1. The summed E-state index contributed by atoms with van der Waals surface area (Å²) in [5.74, 6) is 1.15. The minimum absolute atomic E-state index is 0.107. The van der Waals surface area contributed by atoms with Gasteiger partial charge in [-0.05, 0) is 63.5 Å². The number of nitrogens with zero attached hydrogens (tertiary/aromatic N) is 3. The van der Waals surface area contributed by atoms with E-state index in [-0.39, 0.29) is 11.8 Å². The highest BCUT2D eigenvalue weighted by Gasteiger charge is 2.29. The van der Waals surface area contributed by atoms with Gasteiger partial charge in [0, 0.05) is 30.7 Å². The van der Waals surface area contributed by atoms with Gasteiger partial charge >= 0.3 is 0 Å². The zero-order valence-electron chi connectivity index (χ0n) is 15.7. The van der Waals surface area contributed by atoms with E-state index < -0.39 is 0 Å². The Morgan fingerprint density at radius 1 is 1.12 bits per heavy atom. The number of hydrogen-bond acceptors (Lipinski definition) is 5. The van der Waals surface area contributed by atoms with Crippen molar-refractivity contribution in [3.8, 4) is 0 Å². The van der Waals surface area contributed by atoms with E-state index in [0.29, 0.717) is 17.7 Å². The third-order valence-electron chi connectivity index (χ3n) is 5.88. The van der Waals surface area contributed by atoms with Crippen molar-refractivity contribution in [2.45, 2.75) is 58.4 Å². The maximum Gasteiger partial charge on any atom is 0.299 e. The van der Waals surface area contributed by atoms with Gasteiger partial charge < -0.3 is 14.6 Å². The molecule has 6 heteroatoms. The van der Waals surface area contributed by atoms with E-state index in [9.17, 15) is 4.79 Å². The second-order valence-corrected chi connectivity index (χ2v) is 8.00. The first-order valence-electron chi connectivity index (χ1n) is 9.88. The number of carbonyl (C=O) groups is 1. The Bertz CT molecular complexity index is 771.